The van der Waals surface area contributed by atoms with E-state index in [1.807, 2.05) is 24.4 Å². The van der Waals surface area contributed by atoms with Crippen molar-refractivity contribution in [2.75, 3.05) is 23.3 Å². The number of carbonyl (C=O) groups excluding carboxylic acids is 1. The van der Waals surface area contributed by atoms with Gasteiger partial charge in [0.25, 0.3) is 0 Å². The van der Waals surface area contributed by atoms with Gasteiger partial charge in [-0.2, -0.15) is 0 Å². The SMILES string of the molecule is O=C(Nc1ccccc1N1CCCCCC1)C1CC1c1cccnc1. The summed E-state index contributed by atoms with van der Waals surface area (Å²) >= 11 is 0. The molecule has 4 nitrogen and oxygen atoms in total. The lowest BCUT2D eigenvalue weighted by Gasteiger charge is -2.25. The molecule has 1 saturated carbocycles. The van der Waals surface area contributed by atoms with Gasteiger partial charge in [-0.25, -0.2) is 0 Å². The van der Waals surface area contributed by atoms with Crippen LogP contribution >= 0.6 is 0 Å². The fourth-order valence-corrected chi connectivity index (χ4v) is 3.84. The predicted molar refractivity (Wildman–Crippen MR) is 101 cm³/mol. The zero-order valence-electron chi connectivity index (χ0n) is 14.5. The summed E-state index contributed by atoms with van der Waals surface area (Å²) in [4.78, 5) is 19.3. The van der Waals surface area contributed by atoms with Crippen LogP contribution in [-0.2, 0) is 4.79 Å². The van der Waals surface area contributed by atoms with Gasteiger partial charge in [0.15, 0.2) is 0 Å². The Kier molecular flexibility index (Phi) is 4.68. The molecule has 2 atom stereocenters. The molecule has 0 radical (unpaired) electrons. The van der Waals surface area contributed by atoms with Crippen LogP contribution in [0.15, 0.2) is 48.8 Å². The number of nitrogens with one attached hydrogen (secondary N) is 1. The van der Waals surface area contributed by atoms with Gasteiger partial charge in [0.1, 0.15) is 0 Å². The van der Waals surface area contributed by atoms with Gasteiger partial charge >= 0.3 is 0 Å². The Labute approximate surface area is 149 Å². The number of carbonyl (C=O) groups is 1. The van der Waals surface area contributed by atoms with Crippen molar-refractivity contribution in [3.05, 3.63) is 54.4 Å². The Morgan fingerprint density at radius 3 is 2.60 bits per heavy atom. The lowest BCUT2D eigenvalue weighted by Crippen LogP contribution is -2.26. The van der Waals surface area contributed by atoms with Crippen molar-refractivity contribution in [3.8, 4) is 0 Å². The smallest absolute Gasteiger partial charge is 0.228 e. The summed E-state index contributed by atoms with van der Waals surface area (Å²) in [5.74, 6) is 0.525. The van der Waals surface area contributed by atoms with Crippen molar-refractivity contribution in [3.63, 3.8) is 0 Å². The van der Waals surface area contributed by atoms with Crippen molar-refractivity contribution in [1.82, 2.24) is 4.98 Å². The average Bonchev–Trinajstić information content (AvgIpc) is 3.47. The van der Waals surface area contributed by atoms with Crippen molar-refractivity contribution < 1.29 is 4.79 Å². The standard InChI is InChI=1S/C21H25N3O/c25-21(18-14-17(18)16-8-7-11-22-15-16)23-19-9-3-4-10-20(19)24-12-5-1-2-6-13-24/h3-4,7-11,15,17-18H,1-2,5-6,12-14H2,(H,23,25). The van der Waals surface area contributed by atoms with E-state index in [1.54, 1.807) is 6.20 Å². The average molecular weight is 335 g/mol. The van der Waals surface area contributed by atoms with Crippen LogP contribution in [-0.4, -0.2) is 24.0 Å². The highest BCUT2D eigenvalue weighted by atomic mass is 16.2. The molecule has 1 saturated heterocycles. The maximum Gasteiger partial charge on any atom is 0.228 e. The number of amides is 1. The number of pyridine rings is 1. The Hall–Kier alpha value is -2.36. The molecule has 130 valence electrons. The van der Waals surface area contributed by atoms with E-state index < -0.39 is 0 Å². The summed E-state index contributed by atoms with van der Waals surface area (Å²) in [6.45, 7) is 2.16. The van der Waals surface area contributed by atoms with Crippen LogP contribution in [0.5, 0.6) is 0 Å². The first kappa shape index (κ1) is 16.1. The topological polar surface area (TPSA) is 45.2 Å². The normalized spacial score (nSPS) is 23.0. The maximum absolute atomic E-state index is 12.7. The van der Waals surface area contributed by atoms with Gasteiger partial charge in [0.05, 0.1) is 11.4 Å². The Morgan fingerprint density at radius 2 is 1.84 bits per heavy atom. The van der Waals surface area contributed by atoms with Crippen molar-refractivity contribution in [1.29, 1.82) is 0 Å². The number of anilines is 2. The third-order valence-electron chi connectivity index (χ3n) is 5.35. The Balaban J connectivity index is 1.45. The molecule has 1 aromatic heterocycles. The van der Waals surface area contributed by atoms with Gasteiger partial charge < -0.3 is 10.2 Å². The fourth-order valence-electron chi connectivity index (χ4n) is 3.84. The highest BCUT2D eigenvalue weighted by molar-refractivity contribution is 5.98. The minimum atomic E-state index is 0.0707. The summed E-state index contributed by atoms with van der Waals surface area (Å²) in [5.41, 5.74) is 3.28. The van der Waals surface area contributed by atoms with E-state index in [2.05, 4.69) is 33.4 Å². The lowest BCUT2D eigenvalue weighted by molar-refractivity contribution is -0.117. The Morgan fingerprint density at radius 1 is 1.04 bits per heavy atom. The molecule has 4 rings (SSSR count). The van der Waals surface area contributed by atoms with Crippen molar-refractivity contribution in [2.45, 2.75) is 38.0 Å². The zero-order valence-corrected chi connectivity index (χ0v) is 14.5. The second kappa shape index (κ2) is 7.26. The number of hydrogen-bond acceptors (Lipinski definition) is 3. The largest absolute Gasteiger partial charge is 0.370 e. The number of benzene rings is 1. The summed E-state index contributed by atoms with van der Waals surface area (Å²) in [6, 6.07) is 12.2. The van der Waals surface area contributed by atoms with E-state index in [0.717, 1.165) is 30.9 Å². The molecule has 2 unspecified atom stereocenters. The molecule has 1 aliphatic carbocycles. The molecule has 1 aromatic carbocycles. The first-order valence-corrected chi connectivity index (χ1v) is 9.38. The molecular formula is C21H25N3O. The molecule has 1 amide bonds. The fraction of sp³-hybridized carbons (Fsp3) is 0.429. The van der Waals surface area contributed by atoms with Crippen LogP contribution in [0.25, 0.3) is 0 Å². The third kappa shape index (κ3) is 3.68. The van der Waals surface area contributed by atoms with E-state index in [1.165, 1.54) is 31.2 Å². The molecule has 25 heavy (non-hydrogen) atoms. The second-order valence-corrected chi connectivity index (χ2v) is 7.14. The van der Waals surface area contributed by atoms with Gasteiger partial charge in [-0.15, -0.1) is 0 Å². The molecule has 0 bridgehead atoms. The number of hydrogen-bond donors (Lipinski definition) is 1. The molecule has 2 heterocycles. The molecule has 1 aliphatic heterocycles. The van der Waals surface area contributed by atoms with Gasteiger partial charge in [-0.05, 0) is 48.9 Å². The molecule has 4 heteroatoms. The van der Waals surface area contributed by atoms with E-state index in [4.69, 9.17) is 0 Å². The van der Waals surface area contributed by atoms with E-state index >= 15 is 0 Å². The highest BCUT2D eigenvalue weighted by Crippen LogP contribution is 2.48. The first-order chi connectivity index (χ1) is 12.3. The zero-order chi connectivity index (χ0) is 17.1. The monoisotopic (exact) mass is 335 g/mol. The third-order valence-corrected chi connectivity index (χ3v) is 5.35. The van der Waals surface area contributed by atoms with Crippen LogP contribution in [0.1, 0.15) is 43.6 Å². The van der Waals surface area contributed by atoms with Crippen molar-refractivity contribution in [2.24, 2.45) is 5.92 Å². The van der Waals surface area contributed by atoms with Crippen LogP contribution in [0.3, 0.4) is 0 Å². The Bertz CT molecular complexity index is 723. The molecule has 1 N–H and O–H groups in total. The van der Waals surface area contributed by atoms with Gasteiger partial charge in [-0.3, -0.25) is 9.78 Å². The van der Waals surface area contributed by atoms with Crippen LogP contribution in [0.4, 0.5) is 11.4 Å². The number of nitrogens with zero attached hydrogens (tertiary/aromatic N) is 2. The van der Waals surface area contributed by atoms with Crippen LogP contribution in [0, 0.1) is 5.92 Å². The molecule has 2 aromatic rings. The summed E-state index contributed by atoms with van der Waals surface area (Å²) in [7, 11) is 0. The maximum atomic E-state index is 12.7. The molecule has 2 fully saturated rings. The predicted octanol–water partition coefficient (Wildman–Crippen LogP) is 4.20. The van der Waals surface area contributed by atoms with Crippen LogP contribution in [0.2, 0.25) is 0 Å². The van der Waals surface area contributed by atoms with E-state index in [9.17, 15) is 4.79 Å². The van der Waals surface area contributed by atoms with E-state index in [-0.39, 0.29) is 11.8 Å². The number of aromatic nitrogens is 1. The molecule has 0 spiro atoms. The highest BCUT2D eigenvalue weighted by Gasteiger charge is 2.44. The minimum Gasteiger partial charge on any atom is -0.370 e. The quantitative estimate of drug-likeness (QED) is 0.910. The van der Waals surface area contributed by atoms with Gasteiger partial charge in [0.2, 0.25) is 5.91 Å². The minimum absolute atomic E-state index is 0.0707. The summed E-state index contributed by atoms with van der Waals surface area (Å²) in [5, 5.41) is 3.19. The summed E-state index contributed by atoms with van der Waals surface area (Å²) in [6.07, 6.45) is 9.65. The lowest BCUT2D eigenvalue weighted by atomic mass is 10.1. The number of para-hydroxylation sites is 2. The van der Waals surface area contributed by atoms with E-state index in [0.29, 0.717) is 5.92 Å². The first-order valence-electron chi connectivity index (χ1n) is 9.38. The molecule has 2 aliphatic rings. The molecular weight excluding hydrogens is 310 g/mol. The van der Waals surface area contributed by atoms with Crippen LogP contribution < -0.4 is 10.2 Å². The second-order valence-electron chi connectivity index (χ2n) is 7.14. The number of rotatable bonds is 4. The van der Waals surface area contributed by atoms with Gasteiger partial charge in [0, 0.05) is 31.4 Å². The van der Waals surface area contributed by atoms with Crippen molar-refractivity contribution >= 4 is 17.3 Å². The van der Waals surface area contributed by atoms with Gasteiger partial charge in [-0.1, -0.05) is 31.0 Å². The summed E-state index contributed by atoms with van der Waals surface area (Å²) < 4.78 is 0.